The minimum atomic E-state index is 0.00621. The standard InChI is InChI=1S/C14H22N2O/c1-4-5-9-15-12-7-6-8-13(10-12)16-14(17)11(2)3/h6-8,10-11,15H,4-5,9H2,1-3H3,(H,16,17). The molecule has 0 aliphatic rings. The van der Waals surface area contributed by atoms with Gasteiger partial charge in [0.1, 0.15) is 0 Å². The van der Waals surface area contributed by atoms with E-state index in [4.69, 9.17) is 0 Å². The highest BCUT2D eigenvalue weighted by Crippen LogP contribution is 2.15. The number of carbonyl (C=O) groups is 1. The van der Waals surface area contributed by atoms with Gasteiger partial charge >= 0.3 is 0 Å². The number of carbonyl (C=O) groups excluding carboxylic acids is 1. The van der Waals surface area contributed by atoms with Crippen LogP contribution in [0.25, 0.3) is 0 Å². The van der Waals surface area contributed by atoms with Crippen molar-refractivity contribution in [3.8, 4) is 0 Å². The zero-order chi connectivity index (χ0) is 12.7. The molecule has 0 unspecified atom stereocenters. The first-order valence-corrected chi connectivity index (χ1v) is 6.28. The highest BCUT2D eigenvalue weighted by molar-refractivity contribution is 5.92. The molecule has 0 saturated carbocycles. The van der Waals surface area contributed by atoms with Crippen LogP contribution in [0.4, 0.5) is 11.4 Å². The van der Waals surface area contributed by atoms with Gasteiger partial charge in [-0.25, -0.2) is 0 Å². The molecule has 0 heterocycles. The van der Waals surface area contributed by atoms with Crippen molar-refractivity contribution in [3.63, 3.8) is 0 Å². The first-order valence-electron chi connectivity index (χ1n) is 6.28. The van der Waals surface area contributed by atoms with E-state index < -0.39 is 0 Å². The maximum Gasteiger partial charge on any atom is 0.226 e. The highest BCUT2D eigenvalue weighted by Gasteiger charge is 2.06. The lowest BCUT2D eigenvalue weighted by Crippen LogP contribution is -2.17. The monoisotopic (exact) mass is 234 g/mol. The number of nitrogens with one attached hydrogen (secondary N) is 2. The molecular weight excluding hydrogens is 212 g/mol. The number of benzene rings is 1. The van der Waals surface area contributed by atoms with Crippen LogP contribution >= 0.6 is 0 Å². The van der Waals surface area contributed by atoms with E-state index in [0.29, 0.717) is 0 Å². The normalized spacial score (nSPS) is 10.4. The summed E-state index contributed by atoms with van der Waals surface area (Å²) in [4.78, 5) is 11.6. The lowest BCUT2D eigenvalue weighted by Gasteiger charge is -2.10. The Hall–Kier alpha value is -1.51. The Labute approximate surface area is 104 Å². The summed E-state index contributed by atoms with van der Waals surface area (Å²) in [5, 5.41) is 6.23. The Balaban J connectivity index is 2.56. The summed E-state index contributed by atoms with van der Waals surface area (Å²) in [6.07, 6.45) is 2.33. The van der Waals surface area contributed by atoms with Crippen LogP contribution < -0.4 is 10.6 Å². The maximum atomic E-state index is 11.6. The zero-order valence-corrected chi connectivity index (χ0v) is 10.9. The van der Waals surface area contributed by atoms with Crippen LogP contribution in [0.1, 0.15) is 33.6 Å². The molecule has 0 aromatic heterocycles. The third-order valence-electron chi connectivity index (χ3n) is 2.51. The van der Waals surface area contributed by atoms with Gasteiger partial charge in [0, 0.05) is 23.8 Å². The van der Waals surface area contributed by atoms with Crippen molar-refractivity contribution < 1.29 is 4.79 Å². The van der Waals surface area contributed by atoms with Gasteiger partial charge in [0.25, 0.3) is 0 Å². The molecule has 0 aliphatic carbocycles. The lowest BCUT2D eigenvalue weighted by atomic mass is 10.2. The number of hydrogen-bond donors (Lipinski definition) is 2. The zero-order valence-electron chi connectivity index (χ0n) is 10.9. The van der Waals surface area contributed by atoms with Crippen molar-refractivity contribution in [2.45, 2.75) is 33.6 Å². The molecule has 0 saturated heterocycles. The summed E-state index contributed by atoms with van der Waals surface area (Å²) in [7, 11) is 0. The van der Waals surface area contributed by atoms with Crippen molar-refractivity contribution >= 4 is 17.3 Å². The van der Waals surface area contributed by atoms with Crippen LogP contribution in [0.2, 0.25) is 0 Å². The number of unbranched alkanes of at least 4 members (excludes halogenated alkanes) is 1. The first-order chi connectivity index (χ1) is 8.13. The van der Waals surface area contributed by atoms with Gasteiger partial charge in [0.2, 0.25) is 5.91 Å². The second kappa shape index (κ2) is 6.94. The van der Waals surface area contributed by atoms with Crippen LogP contribution in [0.15, 0.2) is 24.3 Å². The predicted octanol–water partition coefficient (Wildman–Crippen LogP) is 3.49. The minimum Gasteiger partial charge on any atom is -0.385 e. The maximum absolute atomic E-state index is 11.6. The van der Waals surface area contributed by atoms with Gasteiger partial charge in [-0.1, -0.05) is 33.3 Å². The van der Waals surface area contributed by atoms with Crippen LogP contribution in [0.5, 0.6) is 0 Å². The Morgan fingerprint density at radius 3 is 2.65 bits per heavy atom. The van der Waals surface area contributed by atoms with Gasteiger partial charge in [0.15, 0.2) is 0 Å². The quantitative estimate of drug-likeness (QED) is 0.740. The van der Waals surface area contributed by atoms with Crippen molar-refractivity contribution in [1.82, 2.24) is 0 Å². The molecule has 1 aromatic rings. The average molecular weight is 234 g/mol. The van der Waals surface area contributed by atoms with Gasteiger partial charge in [-0.2, -0.15) is 0 Å². The average Bonchev–Trinajstić information content (AvgIpc) is 2.30. The first kappa shape index (κ1) is 13.6. The third kappa shape index (κ3) is 4.89. The number of rotatable bonds is 6. The topological polar surface area (TPSA) is 41.1 Å². The molecule has 2 N–H and O–H groups in total. The highest BCUT2D eigenvalue weighted by atomic mass is 16.1. The van der Waals surface area contributed by atoms with Gasteiger partial charge < -0.3 is 10.6 Å². The van der Waals surface area contributed by atoms with Gasteiger partial charge in [-0.15, -0.1) is 0 Å². The molecule has 0 fully saturated rings. The molecule has 3 heteroatoms. The number of amides is 1. The van der Waals surface area contributed by atoms with Crippen molar-refractivity contribution in [2.24, 2.45) is 5.92 Å². The smallest absolute Gasteiger partial charge is 0.226 e. The summed E-state index contributed by atoms with van der Waals surface area (Å²) in [6.45, 7) is 6.91. The second-order valence-corrected chi connectivity index (χ2v) is 4.51. The van der Waals surface area contributed by atoms with Gasteiger partial charge in [0.05, 0.1) is 0 Å². The van der Waals surface area contributed by atoms with Crippen LogP contribution in [-0.2, 0) is 4.79 Å². The van der Waals surface area contributed by atoms with E-state index in [1.807, 2.05) is 38.1 Å². The summed E-state index contributed by atoms with van der Waals surface area (Å²) in [5.41, 5.74) is 1.91. The van der Waals surface area contributed by atoms with E-state index in [0.717, 1.165) is 24.3 Å². The van der Waals surface area contributed by atoms with E-state index in [9.17, 15) is 4.79 Å². The summed E-state index contributed by atoms with van der Waals surface area (Å²) >= 11 is 0. The van der Waals surface area contributed by atoms with Gasteiger partial charge in [-0.05, 0) is 24.6 Å². The van der Waals surface area contributed by atoms with Crippen LogP contribution in [-0.4, -0.2) is 12.5 Å². The van der Waals surface area contributed by atoms with Crippen LogP contribution in [0.3, 0.4) is 0 Å². The molecule has 1 amide bonds. The third-order valence-corrected chi connectivity index (χ3v) is 2.51. The van der Waals surface area contributed by atoms with Crippen molar-refractivity contribution in [3.05, 3.63) is 24.3 Å². The molecule has 94 valence electrons. The SMILES string of the molecule is CCCCNc1cccc(NC(=O)C(C)C)c1. The Morgan fingerprint density at radius 2 is 2.00 bits per heavy atom. The Morgan fingerprint density at radius 1 is 1.29 bits per heavy atom. The Bertz CT molecular complexity index is 361. The largest absolute Gasteiger partial charge is 0.385 e. The van der Waals surface area contributed by atoms with Crippen molar-refractivity contribution in [2.75, 3.05) is 17.2 Å². The summed E-state index contributed by atoms with van der Waals surface area (Å²) in [6, 6.07) is 7.84. The van der Waals surface area contributed by atoms with E-state index in [-0.39, 0.29) is 11.8 Å². The molecule has 1 aromatic carbocycles. The van der Waals surface area contributed by atoms with E-state index in [1.54, 1.807) is 0 Å². The molecule has 0 radical (unpaired) electrons. The molecule has 0 atom stereocenters. The Kier molecular flexibility index (Phi) is 5.53. The predicted molar refractivity (Wildman–Crippen MR) is 73.3 cm³/mol. The molecule has 3 nitrogen and oxygen atoms in total. The van der Waals surface area contributed by atoms with E-state index in [2.05, 4.69) is 17.6 Å². The summed E-state index contributed by atoms with van der Waals surface area (Å²) < 4.78 is 0. The van der Waals surface area contributed by atoms with Crippen molar-refractivity contribution in [1.29, 1.82) is 0 Å². The number of hydrogen-bond acceptors (Lipinski definition) is 2. The van der Waals surface area contributed by atoms with Crippen LogP contribution in [0, 0.1) is 5.92 Å². The minimum absolute atomic E-state index is 0.00621. The lowest BCUT2D eigenvalue weighted by molar-refractivity contribution is -0.118. The molecule has 1 rings (SSSR count). The molecular formula is C14H22N2O. The molecule has 17 heavy (non-hydrogen) atoms. The fourth-order valence-corrected chi connectivity index (χ4v) is 1.40. The van der Waals surface area contributed by atoms with Gasteiger partial charge in [-0.3, -0.25) is 4.79 Å². The summed E-state index contributed by atoms with van der Waals surface area (Å²) in [5.74, 6) is 0.0578. The molecule has 0 spiro atoms. The fourth-order valence-electron chi connectivity index (χ4n) is 1.40. The molecule has 0 bridgehead atoms. The van der Waals surface area contributed by atoms with E-state index in [1.165, 1.54) is 6.42 Å². The molecule has 0 aliphatic heterocycles. The second-order valence-electron chi connectivity index (χ2n) is 4.51. The fraction of sp³-hybridized carbons (Fsp3) is 0.500. The number of anilines is 2. The van der Waals surface area contributed by atoms with E-state index >= 15 is 0 Å².